The minimum Gasteiger partial charge on any atom is -0.497 e. The average molecular weight is 312 g/mol. The Bertz CT molecular complexity index is 803. The quantitative estimate of drug-likeness (QED) is 0.662. The van der Waals surface area contributed by atoms with Crippen LogP contribution in [0.4, 0.5) is 0 Å². The van der Waals surface area contributed by atoms with Crippen LogP contribution in [0.5, 0.6) is 5.75 Å². The van der Waals surface area contributed by atoms with Crippen LogP contribution in [0.2, 0.25) is 0 Å². The molecule has 1 heterocycles. The van der Waals surface area contributed by atoms with Gasteiger partial charge in [0, 0.05) is 4.70 Å². The Morgan fingerprint density at radius 2 is 1.82 bits per heavy atom. The number of fused-ring (bicyclic) bond motifs is 1. The van der Waals surface area contributed by atoms with Crippen molar-refractivity contribution in [2.45, 2.75) is 13.5 Å². The second-order valence-corrected chi connectivity index (χ2v) is 6.03. The predicted molar refractivity (Wildman–Crippen MR) is 88.7 cm³/mol. The fraction of sp³-hybridized carbons (Fsp3) is 0.167. The molecule has 0 saturated heterocycles. The molecule has 0 aliphatic rings. The van der Waals surface area contributed by atoms with E-state index in [0.29, 0.717) is 4.88 Å². The summed E-state index contributed by atoms with van der Waals surface area (Å²) in [4.78, 5) is 13.0. The predicted octanol–water partition coefficient (Wildman–Crippen LogP) is 4.58. The highest BCUT2D eigenvalue weighted by atomic mass is 32.1. The van der Waals surface area contributed by atoms with Gasteiger partial charge in [-0.1, -0.05) is 30.3 Å². The molecule has 3 rings (SSSR count). The Morgan fingerprint density at radius 1 is 1.09 bits per heavy atom. The van der Waals surface area contributed by atoms with E-state index in [2.05, 4.69) is 0 Å². The van der Waals surface area contributed by atoms with Gasteiger partial charge in [-0.05, 0) is 41.6 Å². The van der Waals surface area contributed by atoms with Crippen LogP contribution in [-0.4, -0.2) is 13.1 Å². The van der Waals surface area contributed by atoms with Gasteiger partial charge in [-0.15, -0.1) is 11.3 Å². The minimum atomic E-state index is -0.269. The molecular formula is C18H16O3S. The third-order valence-electron chi connectivity index (χ3n) is 3.56. The van der Waals surface area contributed by atoms with Gasteiger partial charge in [0.2, 0.25) is 0 Å². The molecule has 0 spiro atoms. The van der Waals surface area contributed by atoms with Crippen molar-refractivity contribution in [3.05, 3.63) is 64.5 Å². The molecule has 0 radical (unpaired) electrons. The zero-order valence-electron chi connectivity index (χ0n) is 12.5. The van der Waals surface area contributed by atoms with Gasteiger partial charge in [-0.25, -0.2) is 4.79 Å². The third-order valence-corrected chi connectivity index (χ3v) is 4.81. The van der Waals surface area contributed by atoms with Crippen LogP contribution in [0.25, 0.3) is 10.1 Å². The molecule has 0 atom stereocenters. The summed E-state index contributed by atoms with van der Waals surface area (Å²) in [6.07, 6.45) is 0. The summed E-state index contributed by atoms with van der Waals surface area (Å²) >= 11 is 1.48. The van der Waals surface area contributed by atoms with Gasteiger partial charge in [0.15, 0.2) is 0 Å². The monoisotopic (exact) mass is 312 g/mol. The lowest BCUT2D eigenvalue weighted by atomic mass is 10.1. The van der Waals surface area contributed by atoms with Crippen molar-refractivity contribution in [1.29, 1.82) is 0 Å². The summed E-state index contributed by atoms with van der Waals surface area (Å²) in [5.74, 6) is 0.518. The molecule has 3 nitrogen and oxygen atoms in total. The van der Waals surface area contributed by atoms with Crippen molar-refractivity contribution in [2.75, 3.05) is 7.11 Å². The molecule has 0 bridgehead atoms. The highest BCUT2D eigenvalue weighted by molar-refractivity contribution is 7.21. The van der Waals surface area contributed by atoms with Crippen molar-refractivity contribution >= 4 is 27.4 Å². The molecule has 0 saturated carbocycles. The number of hydrogen-bond donors (Lipinski definition) is 0. The van der Waals surface area contributed by atoms with Crippen molar-refractivity contribution in [1.82, 2.24) is 0 Å². The highest BCUT2D eigenvalue weighted by Gasteiger charge is 2.16. The molecular weight excluding hydrogens is 296 g/mol. The number of carbonyl (C=O) groups is 1. The van der Waals surface area contributed by atoms with E-state index in [1.54, 1.807) is 7.11 Å². The summed E-state index contributed by atoms with van der Waals surface area (Å²) in [7, 11) is 1.62. The van der Waals surface area contributed by atoms with Gasteiger partial charge >= 0.3 is 5.97 Å². The average Bonchev–Trinajstić information content (AvgIpc) is 2.90. The molecule has 4 heteroatoms. The number of aryl methyl sites for hydroxylation is 1. The molecule has 0 amide bonds. The fourth-order valence-electron chi connectivity index (χ4n) is 2.31. The number of esters is 1. The lowest BCUT2D eigenvalue weighted by Gasteiger charge is -2.05. The van der Waals surface area contributed by atoms with E-state index in [-0.39, 0.29) is 12.6 Å². The summed E-state index contributed by atoms with van der Waals surface area (Å²) in [6, 6.07) is 15.5. The van der Waals surface area contributed by atoms with Crippen LogP contribution in [-0.2, 0) is 11.3 Å². The van der Waals surface area contributed by atoms with Gasteiger partial charge < -0.3 is 9.47 Å². The Morgan fingerprint density at radius 3 is 2.50 bits per heavy atom. The van der Waals surface area contributed by atoms with Crippen molar-refractivity contribution < 1.29 is 14.3 Å². The first-order chi connectivity index (χ1) is 10.7. The van der Waals surface area contributed by atoms with Crippen LogP contribution in [0, 0.1) is 6.92 Å². The van der Waals surface area contributed by atoms with Gasteiger partial charge in [0.05, 0.1) is 7.11 Å². The van der Waals surface area contributed by atoms with Crippen molar-refractivity contribution in [3.8, 4) is 5.75 Å². The second-order valence-electron chi connectivity index (χ2n) is 4.98. The van der Waals surface area contributed by atoms with E-state index in [1.807, 2.05) is 55.5 Å². The normalized spacial score (nSPS) is 10.6. The summed E-state index contributed by atoms with van der Waals surface area (Å²) < 4.78 is 11.6. The summed E-state index contributed by atoms with van der Waals surface area (Å²) in [5.41, 5.74) is 1.92. The maximum atomic E-state index is 12.3. The van der Waals surface area contributed by atoms with Crippen LogP contribution in [0.1, 0.15) is 20.8 Å². The SMILES string of the molecule is COc1ccc(COC(=O)c2sc3ccccc3c2C)cc1. The lowest BCUT2D eigenvalue weighted by Crippen LogP contribution is -2.04. The molecule has 1 aromatic heterocycles. The molecule has 0 N–H and O–H groups in total. The standard InChI is InChI=1S/C18H16O3S/c1-12-15-5-3-4-6-16(15)22-17(12)18(19)21-11-13-7-9-14(20-2)10-8-13/h3-10H,11H2,1-2H3. The first-order valence-electron chi connectivity index (χ1n) is 6.97. The van der Waals surface area contributed by atoms with Gasteiger partial charge in [-0.2, -0.15) is 0 Å². The Balaban J connectivity index is 1.74. The first-order valence-corrected chi connectivity index (χ1v) is 7.79. The topological polar surface area (TPSA) is 35.5 Å². The fourth-order valence-corrected chi connectivity index (χ4v) is 3.41. The number of rotatable bonds is 4. The molecule has 22 heavy (non-hydrogen) atoms. The van der Waals surface area contributed by atoms with E-state index >= 15 is 0 Å². The van der Waals surface area contributed by atoms with Gasteiger partial charge in [-0.3, -0.25) is 0 Å². The highest BCUT2D eigenvalue weighted by Crippen LogP contribution is 2.31. The number of thiophene rings is 1. The summed E-state index contributed by atoms with van der Waals surface area (Å²) in [5, 5.41) is 1.11. The second kappa shape index (κ2) is 6.20. The van der Waals surface area contributed by atoms with E-state index in [9.17, 15) is 4.79 Å². The number of ether oxygens (including phenoxy) is 2. The number of hydrogen-bond acceptors (Lipinski definition) is 4. The Kier molecular flexibility index (Phi) is 4.11. The van der Waals surface area contributed by atoms with Gasteiger partial charge in [0.25, 0.3) is 0 Å². The molecule has 3 aromatic rings. The van der Waals surface area contributed by atoms with Crippen LogP contribution in [0.15, 0.2) is 48.5 Å². The zero-order valence-corrected chi connectivity index (χ0v) is 13.3. The molecule has 0 fully saturated rings. The number of carbonyl (C=O) groups excluding carboxylic acids is 1. The molecule has 0 aliphatic carbocycles. The minimum absolute atomic E-state index is 0.260. The molecule has 112 valence electrons. The van der Waals surface area contributed by atoms with Crippen LogP contribution >= 0.6 is 11.3 Å². The molecule has 0 unspecified atom stereocenters. The van der Waals surface area contributed by atoms with E-state index in [1.165, 1.54) is 11.3 Å². The number of methoxy groups -OCH3 is 1. The smallest absolute Gasteiger partial charge is 0.348 e. The van der Waals surface area contributed by atoms with E-state index in [4.69, 9.17) is 9.47 Å². The Hall–Kier alpha value is -2.33. The molecule has 2 aromatic carbocycles. The van der Waals surface area contributed by atoms with Crippen molar-refractivity contribution in [2.24, 2.45) is 0 Å². The van der Waals surface area contributed by atoms with Crippen molar-refractivity contribution in [3.63, 3.8) is 0 Å². The maximum Gasteiger partial charge on any atom is 0.348 e. The van der Waals surface area contributed by atoms with Gasteiger partial charge in [0.1, 0.15) is 17.2 Å². The maximum absolute atomic E-state index is 12.3. The third kappa shape index (κ3) is 2.83. The Labute approximate surface area is 133 Å². The zero-order chi connectivity index (χ0) is 15.5. The van der Waals surface area contributed by atoms with E-state index < -0.39 is 0 Å². The first kappa shape index (κ1) is 14.6. The van der Waals surface area contributed by atoms with Crippen LogP contribution < -0.4 is 4.74 Å². The largest absolute Gasteiger partial charge is 0.497 e. The number of benzene rings is 2. The van der Waals surface area contributed by atoms with E-state index in [0.717, 1.165) is 27.0 Å². The summed E-state index contributed by atoms with van der Waals surface area (Å²) in [6.45, 7) is 2.22. The van der Waals surface area contributed by atoms with Crippen LogP contribution in [0.3, 0.4) is 0 Å². The molecule has 0 aliphatic heterocycles. The lowest BCUT2D eigenvalue weighted by molar-refractivity contribution is 0.0478.